The van der Waals surface area contributed by atoms with Gasteiger partial charge in [-0.25, -0.2) is 4.39 Å². The molecule has 2 aromatic carbocycles. The largest absolute Gasteiger partial charge is 0.366 e. The molecule has 1 fully saturated rings. The minimum Gasteiger partial charge on any atom is -0.366 e. The van der Waals surface area contributed by atoms with Crippen molar-refractivity contribution in [1.29, 1.82) is 0 Å². The number of amides is 1. The molecular weight excluding hydrogens is 353 g/mol. The van der Waals surface area contributed by atoms with E-state index in [9.17, 15) is 9.18 Å². The fraction of sp³-hybridized carbons (Fsp3) is 0.348. The summed E-state index contributed by atoms with van der Waals surface area (Å²) in [5.41, 5.74) is 2.40. The Balaban J connectivity index is 0.00000300. The van der Waals surface area contributed by atoms with Crippen molar-refractivity contribution in [3.63, 3.8) is 0 Å². The van der Waals surface area contributed by atoms with Gasteiger partial charge in [0.1, 0.15) is 5.67 Å². The van der Waals surface area contributed by atoms with E-state index in [1.54, 1.807) is 6.92 Å². The van der Waals surface area contributed by atoms with Gasteiger partial charge in [-0.3, -0.25) is 4.79 Å². The molecule has 0 aliphatic carbocycles. The van der Waals surface area contributed by atoms with Gasteiger partial charge in [-0.1, -0.05) is 37.8 Å². The average Bonchev–Trinajstić information content (AvgIpc) is 2.74. The molecule has 1 heterocycles. The van der Waals surface area contributed by atoms with Gasteiger partial charge in [0.25, 0.3) is 0 Å². The normalized spacial score (nSPS) is 16.4. The zero-order chi connectivity index (χ0) is 20.1. The molecule has 1 N–H and O–H groups in total. The predicted molar refractivity (Wildman–Crippen MR) is 116 cm³/mol. The molecule has 1 atom stereocenters. The second-order valence-corrected chi connectivity index (χ2v) is 7.29. The third kappa shape index (κ3) is 4.35. The van der Waals surface area contributed by atoms with E-state index < -0.39 is 5.67 Å². The number of anilines is 3. The van der Waals surface area contributed by atoms with E-state index in [4.69, 9.17) is 0 Å². The molecule has 28 heavy (non-hydrogen) atoms. The topological polar surface area (TPSA) is 35.6 Å². The van der Waals surface area contributed by atoms with Crippen molar-refractivity contribution in [2.75, 3.05) is 36.4 Å². The third-order valence-corrected chi connectivity index (χ3v) is 5.44. The van der Waals surface area contributed by atoms with Crippen molar-refractivity contribution >= 4 is 23.0 Å². The van der Waals surface area contributed by atoms with Crippen LogP contribution in [0.15, 0.2) is 61.2 Å². The summed E-state index contributed by atoms with van der Waals surface area (Å²) in [7, 11) is 0. The summed E-state index contributed by atoms with van der Waals surface area (Å²) in [4.78, 5) is 15.9. The molecule has 1 unspecified atom stereocenters. The van der Waals surface area contributed by atoms with E-state index in [0.29, 0.717) is 25.1 Å². The summed E-state index contributed by atoms with van der Waals surface area (Å²) in [6.45, 7) is 9.93. The van der Waals surface area contributed by atoms with Crippen molar-refractivity contribution in [2.45, 2.75) is 25.9 Å². The fourth-order valence-electron chi connectivity index (χ4n) is 3.41. The number of nitrogens with one attached hydrogen (secondary N) is 1. The number of para-hydroxylation sites is 2. The third-order valence-electron chi connectivity index (χ3n) is 5.44. The first-order valence-electron chi connectivity index (χ1n) is 9.76. The molecule has 1 aliphatic rings. The van der Waals surface area contributed by atoms with Crippen molar-refractivity contribution in [3.8, 4) is 0 Å². The maximum Gasteiger partial charge on any atom is 0.246 e. The van der Waals surface area contributed by atoms with Crippen LogP contribution in [0.1, 0.15) is 27.3 Å². The van der Waals surface area contributed by atoms with E-state index in [2.05, 4.69) is 22.9 Å². The lowest BCUT2D eigenvalue weighted by Gasteiger charge is -2.36. The molecule has 1 aliphatic heterocycles. The lowest BCUT2D eigenvalue weighted by atomic mass is 9.95. The van der Waals surface area contributed by atoms with Gasteiger partial charge >= 0.3 is 0 Å². The maximum atomic E-state index is 14.5. The van der Waals surface area contributed by atoms with Crippen LogP contribution in [0.25, 0.3) is 0 Å². The van der Waals surface area contributed by atoms with Crippen LogP contribution in [0.5, 0.6) is 0 Å². The first kappa shape index (κ1) is 19.9. The minimum absolute atomic E-state index is 0. The van der Waals surface area contributed by atoms with Crippen LogP contribution in [0.2, 0.25) is 0 Å². The fourth-order valence-corrected chi connectivity index (χ4v) is 3.41. The van der Waals surface area contributed by atoms with Crippen LogP contribution in [0.3, 0.4) is 0 Å². The lowest BCUT2D eigenvalue weighted by molar-refractivity contribution is -0.126. The quantitative estimate of drug-likeness (QED) is 0.705. The smallest absolute Gasteiger partial charge is 0.246 e. The van der Waals surface area contributed by atoms with Crippen molar-refractivity contribution in [1.82, 2.24) is 4.90 Å². The van der Waals surface area contributed by atoms with Gasteiger partial charge in [0, 0.05) is 33.3 Å². The van der Waals surface area contributed by atoms with Crippen molar-refractivity contribution in [3.05, 3.63) is 66.7 Å². The van der Waals surface area contributed by atoms with E-state index in [0.717, 1.165) is 30.2 Å². The Morgan fingerprint density at radius 1 is 1.18 bits per heavy atom. The number of benzene rings is 2. The summed E-state index contributed by atoms with van der Waals surface area (Å²) in [5, 5.41) is 3.45. The summed E-state index contributed by atoms with van der Waals surface area (Å²) < 4.78 is 14.5. The number of carbonyl (C=O) groups is 1. The monoisotopic (exact) mass is 383 g/mol. The molecule has 5 heteroatoms. The van der Waals surface area contributed by atoms with E-state index in [-0.39, 0.29) is 7.33 Å². The molecule has 0 saturated carbocycles. The van der Waals surface area contributed by atoms with Crippen LogP contribution < -0.4 is 10.2 Å². The van der Waals surface area contributed by atoms with Gasteiger partial charge in [-0.2, -0.15) is 0 Å². The minimum atomic E-state index is -1.31. The second kappa shape index (κ2) is 8.46. The zero-order valence-corrected chi connectivity index (χ0v) is 16.6. The Labute approximate surface area is 168 Å². The first-order chi connectivity index (χ1) is 13.4. The van der Waals surface area contributed by atoms with Crippen LogP contribution >= 0.6 is 0 Å². The highest BCUT2D eigenvalue weighted by atomic mass is 19.1. The van der Waals surface area contributed by atoms with Gasteiger partial charge < -0.3 is 15.1 Å². The molecule has 150 valence electrons. The van der Waals surface area contributed by atoms with Gasteiger partial charge in [-0.05, 0) is 49.2 Å². The molecule has 0 spiro atoms. The lowest BCUT2D eigenvalue weighted by Crippen LogP contribution is -2.48. The molecule has 3 rings (SSSR count). The highest BCUT2D eigenvalue weighted by Gasteiger charge is 2.23. The second-order valence-electron chi connectivity index (χ2n) is 7.29. The van der Waals surface area contributed by atoms with E-state index >= 15 is 0 Å². The number of piperazine rings is 1. The summed E-state index contributed by atoms with van der Waals surface area (Å²) in [6, 6.07) is 15.6. The van der Waals surface area contributed by atoms with Crippen LogP contribution in [-0.4, -0.2) is 37.0 Å². The van der Waals surface area contributed by atoms with Gasteiger partial charge in [-0.15, -0.1) is 0 Å². The van der Waals surface area contributed by atoms with Crippen LogP contribution in [-0.2, 0) is 10.5 Å². The SMILES string of the molecule is C=CC(=O)N1CCN(c2ccccc2Nc2ccc(C(C)(F)CC)cc2)CC1.[HH]. The zero-order valence-electron chi connectivity index (χ0n) is 16.6. The number of hydrogen-bond donors (Lipinski definition) is 1. The predicted octanol–water partition coefficient (Wildman–Crippen LogP) is 5.11. The summed E-state index contributed by atoms with van der Waals surface area (Å²) in [5.74, 6) is -0.0157. The summed E-state index contributed by atoms with van der Waals surface area (Å²) in [6.07, 6.45) is 1.82. The Bertz CT molecular complexity index is 830. The molecule has 2 aromatic rings. The number of halogens is 1. The molecule has 0 bridgehead atoms. The molecule has 1 amide bonds. The Hall–Kier alpha value is -2.82. The van der Waals surface area contributed by atoms with E-state index in [1.807, 2.05) is 54.3 Å². The molecule has 0 aromatic heterocycles. The highest BCUT2D eigenvalue weighted by molar-refractivity contribution is 5.87. The van der Waals surface area contributed by atoms with Gasteiger partial charge in [0.05, 0.1) is 11.4 Å². The Morgan fingerprint density at radius 2 is 1.82 bits per heavy atom. The standard InChI is InChI=1S/C23H28FN3O.H2/c1-4-22(28)27-16-14-26(15-17-27)21-9-7-6-8-20(21)25-19-12-10-18(11-13-19)23(3,24)5-2;/h4,6-13,25H,1,5,14-17H2,2-3H3;1H. The number of rotatable bonds is 6. The van der Waals surface area contributed by atoms with Crippen molar-refractivity contribution in [2.24, 2.45) is 0 Å². The molecule has 4 nitrogen and oxygen atoms in total. The number of alkyl halides is 1. The maximum absolute atomic E-state index is 14.5. The molecule has 1 saturated heterocycles. The number of nitrogens with zero attached hydrogens (tertiary/aromatic N) is 2. The first-order valence-corrected chi connectivity index (χ1v) is 9.76. The van der Waals surface area contributed by atoms with Gasteiger partial charge in [0.2, 0.25) is 5.91 Å². The molecular formula is C23H30FN3O. The Kier molecular flexibility index (Phi) is 6.02. The van der Waals surface area contributed by atoms with Crippen LogP contribution in [0.4, 0.5) is 21.5 Å². The molecule has 0 radical (unpaired) electrons. The van der Waals surface area contributed by atoms with Crippen LogP contribution in [0, 0.1) is 0 Å². The Morgan fingerprint density at radius 3 is 2.43 bits per heavy atom. The average molecular weight is 384 g/mol. The van der Waals surface area contributed by atoms with E-state index in [1.165, 1.54) is 6.08 Å². The van der Waals surface area contributed by atoms with Crippen molar-refractivity contribution < 1.29 is 10.6 Å². The summed E-state index contributed by atoms with van der Waals surface area (Å²) >= 11 is 0. The van der Waals surface area contributed by atoms with Gasteiger partial charge in [0.15, 0.2) is 0 Å². The number of hydrogen-bond acceptors (Lipinski definition) is 3. The number of carbonyl (C=O) groups excluding carboxylic acids is 1. The highest BCUT2D eigenvalue weighted by Crippen LogP contribution is 2.32.